The number of rotatable bonds is 4. The van der Waals surface area contributed by atoms with Gasteiger partial charge in [0.25, 0.3) is 0 Å². The minimum absolute atomic E-state index is 0.512. The minimum atomic E-state index is -4.74. The molecule has 0 saturated heterocycles. The van der Waals surface area contributed by atoms with Gasteiger partial charge in [-0.05, 0) is 18.4 Å². The highest BCUT2D eigenvalue weighted by molar-refractivity contribution is 7.98. The van der Waals surface area contributed by atoms with Gasteiger partial charge in [-0.3, -0.25) is 0 Å². The minimum Gasteiger partial charge on any atom is -0.382 e. The first-order chi connectivity index (χ1) is 9.25. The van der Waals surface area contributed by atoms with Gasteiger partial charge in [-0.2, -0.15) is 13.2 Å². The van der Waals surface area contributed by atoms with Crippen molar-refractivity contribution >= 4 is 23.5 Å². The van der Waals surface area contributed by atoms with E-state index in [0.29, 0.717) is 5.69 Å². The molecule has 1 rings (SSSR count). The zero-order chi connectivity index (χ0) is 15.3. The summed E-state index contributed by atoms with van der Waals surface area (Å²) in [4.78, 5) is 13.4. The molecule has 0 aliphatic heterocycles. The molecule has 1 aromatic carbocycles. The summed E-state index contributed by atoms with van der Waals surface area (Å²) in [5.41, 5.74) is 0.512. The van der Waals surface area contributed by atoms with Crippen LogP contribution in [0.2, 0.25) is 0 Å². The van der Waals surface area contributed by atoms with E-state index in [2.05, 4.69) is 5.32 Å². The van der Waals surface area contributed by atoms with E-state index in [9.17, 15) is 18.0 Å². The second kappa shape index (κ2) is 6.85. The number of hydrogen-bond acceptors (Lipinski definition) is 3. The summed E-state index contributed by atoms with van der Waals surface area (Å²) in [7, 11) is 1.19. The molecule has 1 atom stereocenters. The largest absolute Gasteiger partial charge is 0.416 e. The Labute approximate surface area is 119 Å². The number of nitrogens with zero attached hydrogens (tertiary/aromatic N) is 1. The molecule has 0 fully saturated rings. The number of para-hydroxylation sites is 1. The lowest BCUT2D eigenvalue weighted by atomic mass is 10.3. The molecular weight excluding hydrogens is 293 g/mol. The number of hydrogen-bond donors (Lipinski definition) is 2. The van der Waals surface area contributed by atoms with Crippen LogP contribution in [0.5, 0.6) is 0 Å². The van der Waals surface area contributed by atoms with Gasteiger partial charge in [-0.25, -0.2) is 4.79 Å². The Kier molecular flexibility index (Phi) is 5.70. The predicted molar refractivity (Wildman–Crippen MR) is 71.9 cm³/mol. The first-order valence-corrected chi connectivity index (χ1v) is 6.88. The van der Waals surface area contributed by atoms with Crippen LogP contribution in [0.15, 0.2) is 29.2 Å². The van der Waals surface area contributed by atoms with E-state index < -0.39 is 24.9 Å². The molecule has 8 heteroatoms. The third-order valence-electron chi connectivity index (χ3n) is 2.52. The summed E-state index contributed by atoms with van der Waals surface area (Å²) in [6, 6.07) is 6.22. The molecule has 4 nitrogen and oxygen atoms in total. The van der Waals surface area contributed by atoms with Crippen molar-refractivity contribution in [2.45, 2.75) is 17.2 Å². The number of carbonyl (C=O) groups is 1. The van der Waals surface area contributed by atoms with Gasteiger partial charge in [0.2, 0.25) is 0 Å². The number of urea groups is 1. The van der Waals surface area contributed by atoms with Gasteiger partial charge in [-0.15, -0.1) is 11.8 Å². The predicted octanol–water partition coefficient (Wildman–Crippen LogP) is 2.80. The number of likely N-dealkylation sites (N-methyl/N-ethyl adjacent to an activating group) is 1. The van der Waals surface area contributed by atoms with Crippen LogP contribution in [0.1, 0.15) is 0 Å². The van der Waals surface area contributed by atoms with Crippen molar-refractivity contribution < 1.29 is 23.1 Å². The Morgan fingerprint density at radius 3 is 2.60 bits per heavy atom. The first-order valence-electron chi connectivity index (χ1n) is 5.65. The molecule has 0 saturated carbocycles. The van der Waals surface area contributed by atoms with Crippen molar-refractivity contribution in [3.05, 3.63) is 24.3 Å². The number of thioether (sulfide) groups is 1. The van der Waals surface area contributed by atoms with Crippen LogP contribution in [-0.2, 0) is 0 Å². The highest BCUT2D eigenvalue weighted by atomic mass is 32.2. The smallest absolute Gasteiger partial charge is 0.382 e. The lowest BCUT2D eigenvalue weighted by molar-refractivity contribution is -0.205. The molecule has 0 bridgehead atoms. The maximum absolute atomic E-state index is 12.2. The summed E-state index contributed by atoms with van der Waals surface area (Å²) < 4.78 is 36.6. The van der Waals surface area contributed by atoms with Crippen LogP contribution in [0.4, 0.5) is 23.7 Å². The molecule has 2 amide bonds. The average molecular weight is 308 g/mol. The summed E-state index contributed by atoms with van der Waals surface area (Å²) in [6.07, 6.45) is -5.48. The number of nitrogens with one attached hydrogen (secondary N) is 1. The third kappa shape index (κ3) is 4.61. The third-order valence-corrected chi connectivity index (χ3v) is 3.32. The number of aliphatic hydroxyl groups is 1. The number of benzene rings is 1. The molecule has 0 aromatic heterocycles. The van der Waals surface area contributed by atoms with Crippen molar-refractivity contribution in [1.29, 1.82) is 0 Å². The maximum Gasteiger partial charge on any atom is 0.416 e. The Balaban J connectivity index is 2.67. The highest BCUT2D eigenvalue weighted by Gasteiger charge is 2.39. The van der Waals surface area contributed by atoms with Crippen LogP contribution >= 0.6 is 11.8 Å². The summed E-state index contributed by atoms with van der Waals surface area (Å²) >= 11 is 1.40. The van der Waals surface area contributed by atoms with E-state index >= 15 is 0 Å². The standard InChI is InChI=1S/C12H15F3N2O2S/c1-17(7-10(18)12(13,14)15)11(19)16-8-5-3-4-6-9(8)20-2/h3-6,10,18H,7H2,1-2H3,(H,16,19). The van der Waals surface area contributed by atoms with Gasteiger partial charge < -0.3 is 15.3 Å². The van der Waals surface area contributed by atoms with E-state index in [0.717, 1.165) is 9.80 Å². The fraction of sp³-hybridized carbons (Fsp3) is 0.417. The first kappa shape index (κ1) is 16.6. The van der Waals surface area contributed by atoms with Crippen LogP contribution in [0, 0.1) is 0 Å². The van der Waals surface area contributed by atoms with Crippen molar-refractivity contribution in [2.75, 3.05) is 25.2 Å². The topological polar surface area (TPSA) is 52.6 Å². The lowest BCUT2D eigenvalue weighted by Gasteiger charge is -2.23. The van der Waals surface area contributed by atoms with E-state index in [1.807, 2.05) is 6.26 Å². The molecule has 0 radical (unpaired) electrons. The monoisotopic (exact) mass is 308 g/mol. The SMILES string of the molecule is CSc1ccccc1NC(=O)N(C)CC(O)C(F)(F)F. The highest BCUT2D eigenvalue weighted by Crippen LogP contribution is 2.25. The number of alkyl halides is 3. The molecule has 0 aliphatic carbocycles. The summed E-state index contributed by atoms with van der Waals surface area (Å²) in [5.74, 6) is 0. The second-order valence-corrected chi connectivity index (χ2v) is 4.92. The molecule has 20 heavy (non-hydrogen) atoms. The van der Waals surface area contributed by atoms with Crippen LogP contribution in [0.25, 0.3) is 0 Å². The maximum atomic E-state index is 12.2. The van der Waals surface area contributed by atoms with E-state index in [-0.39, 0.29) is 0 Å². The Hall–Kier alpha value is -1.41. The normalized spacial score (nSPS) is 12.9. The molecule has 0 heterocycles. The molecule has 112 valence electrons. The van der Waals surface area contributed by atoms with Gasteiger partial charge >= 0.3 is 12.2 Å². The van der Waals surface area contributed by atoms with Crippen molar-refractivity contribution in [3.8, 4) is 0 Å². The number of halogens is 3. The lowest BCUT2D eigenvalue weighted by Crippen LogP contribution is -2.43. The number of amides is 2. The Bertz CT molecular complexity index is 468. The van der Waals surface area contributed by atoms with Gasteiger partial charge in [-0.1, -0.05) is 12.1 Å². The van der Waals surface area contributed by atoms with Gasteiger partial charge in [0, 0.05) is 11.9 Å². The molecule has 2 N–H and O–H groups in total. The molecule has 0 spiro atoms. The fourth-order valence-corrected chi connectivity index (χ4v) is 1.96. The van der Waals surface area contributed by atoms with Crippen LogP contribution < -0.4 is 5.32 Å². The second-order valence-electron chi connectivity index (χ2n) is 4.07. The zero-order valence-electron chi connectivity index (χ0n) is 10.9. The van der Waals surface area contributed by atoms with Gasteiger partial charge in [0.15, 0.2) is 6.10 Å². The number of carbonyl (C=O) groups excluding carboxylic acids is 1. The van der Waals surface area contributed by atoms with E-state index in [1.165, 1.54) is 18.8 Å². The van der Waals surface area contributed by atoms with Gasteiger partial charge in [0.05, 0.1) is 12.2 Å². The molecule has 1 aromatic rings. The zero-order valence-corrected chi connectivity index (χ0v) is 11.8. The number of anilines is 1. The molecular formula is C12H15F3N2O2S. The Morgan fingerprint density at radius 1 is 1.45 bits per heavy atom. The number of aliphatic hydroxyl groups excluding tert-OH is 1. The fourth-order valence-electron chi connectivity index (χ4n) is 1.40. The van der Waals surface area contributed by atoms with E-state index in [1.54, 1.807) is 24.3 Å². The summed E-state index contributed by atoms with van der Waals surface area (Å²) in [5, 5.41) is 11.4. The molecule has 1 unspecified atom stereocenters. The van der Waals surface area contributed by atoms with E-state index in [4.69, 9.17) is 5.11 Å². The quantitative estimate of drug-likeness (QED) is 0.841. The average Bonchev–Trinajstić information content (AvgIpc) is 2.38. The van der Waals surface area contributed by atoms with Crippen molar-refractivity contribution in [2.24, 2.45) is 0 Å². The van der Waals surface area contributed by atoms with Crippen molar-refractivity contribution in [1.82, 2.24) is 4.90 Å². The molecule has 0 aliphatic rings. The van der Waals surface area contributed by atoms with Crippen LogP contribution in [-0.4, -0.2) is 48.2 Å². The van der Waals surface area contributed by atoms with Crippen LogP contribution in [0.3, 0.4) is 0 Å². The van der Waals surface area contributed by atoms with Crippen molar-refractivity contribution in [3.63, 3.8) is 0 Å². The summed E-state index contributed by atoms with van der Waals surface area (Å²) in [6.45, 7) is -0.823. The van der Waals surface area contributed by atoms with Gasteiger partial charge in [0.1, 0.15) is 0 Å². The Morgan fingerprint density at radius 2 is 2.05 bits per heavy atom.